The van der Waals surface area contributed by atoms with Gasteiger partial charge in [-0.2, -0.15) is 16.1 Å². The normalized spacial score (nSPS) is 22.3. The number of nitrogens with two attached hydrogens (primary N) is 1. The van der Waals surface area contributed by atoms with Crippen LogP contribution in [0.4, 0.5) is 10.8 Å². The monoisotopic (exact) mass is 326 g/mol. The average Bonchev–Trinajstić information content (AvgIpc) is 3.09. The van der Waals surface area contributed by atoms with Crippen molar-refractivity contribution < 1.29 is 0 Å². The van der Waals surface area contributed by atoms with Crippen molar-refractivity contribution in [2.24, 2.45) is 0 Å². The van der Waals surface area contributed by atoms with E-state index in [1.54, 1.807) is 11.3 Å². The third-order valence-electron chi connectivity index (χ3n) is 3.47. The van der Waals surface area contributed by atoms with E-state index < -0.39 is 0 Å². The van der Waals surface area contributed by atoms with Gasteiger partial charge in [0.1, 0.15) is 15.8 Å². The van der Waals surface area contributed by atoms with Gasteiger partial charge in [-0.25, -0.2) is 4.98 Å². The Labute approximate surface area is 131 Å². The smallest absolute Gasteiger partial charge is 0.149 e. The highest BCUT2D eigenvalue weighted by molar-refractivity contribution is 8.00. The molecule has 2 aromatic rings. The van der Waals surface area contributed by atoms with E-state index in [0.717, 1.165) is 27.8 Å². The predicted octanol–water partition coefficient (Wildman–Crippen LogP) is 3.85. The van der Waals surface area contributed by atoms with Crippen LogP contribution in [0.25, 0.3) is 10.6 Å². The minimum Gasteiger partial charge on any atom is -0.382 e. The van der Waals surface area contributed by atoms with Gasteiger partial charge >= 0.3 is 0 Å². The van der Waals surface area contributed by atoms with Gasteiger partial charge in [-0.05, 0) is 44.0 Å². The molecule has 1 fully saturated rings. The Balaban J connectivity index is 1.80. The van der Waals surface area contributed by atoms with Crippen molar-refractivity contribution in [1.82, 2.24) is 9.36 Å². The second-order valence-electron chi connectivity index (χ2n) is 5.32. The van der Waals surface area contributed by atoms with Crippen LogP contribution in [-0.4, -0.2) is 26.4 Å². The molecule has 0 amide bonds. The Bertz CT molecular complexity index is 599. The maximum Gasteiger partial charge on any atom is 0.149 e. The molecule has 1 atom stereocenters. The molecule has 1 aliphatic rings. The molecule has 3 heterocycles. The van der Waals surface area contributed by atoms with Gasteiger partial charge in [-0.15, -0.1) is 11.3 Å². The summed E-state index contributed by atoms with van der Waals surface area (Å²) in [4.78, 5) is 4.53. The predicted molar refractivity (Wildman–Crippen MR) is 91.0 cm³/mol. The third kappa shape index (κ3) is 2.80. The van der Waals surface area contributed by atoms with Crippen molar-refractivity contribution in [1.29, 1.82) is 0 Å². The van der Waals surface area contributed by atoms with E-state index >= 15 is 0 Å². The first kappa shape index (κ1) is 14.2. The van der Waals surface area contributed by atoms with Crippen LogP contribution in [-0.2, 0) is 0 Å². The average molecular weight is 327 g/mol. The molecule has 3 N–H and O–H groups in total. The largest absolute Gasteiger partial charge is 0.382 e. The first-order chi connectivity index (χ1) is 9.57. The fourth-order valence-corrected chi connectivity index (χ4v) is 5.22. The molecule has 1 aliphatic heterocycles. The Kier molecular flexibility index (Phi) is 3.92. The lowest BCUT2D eigenvalue weighted by atomic mass is 10.1. The van der Waals surface area contributed by atoms with E-state index in [2.05, 4.69) is 33.4 Å². The third-order valence-corrected chi connectivity index (χ3v) is 6.81. The lowest BCUT2D eigenvalue weighted by molar-refractivity contribution is 0.635. The Morgan fingerprint density at radius 1 is 1.50 bits per heavy atom. The number of thioether (sulfide) groups is 1. The lowest BCUT2D eigenvalue weighted by Crippen LogP contribution is -2.26. The zero-order chi connectivity index (χ0) is 14.2. The van der Waals surface area contributed by atoms with Crippen molar-refractivity contribution >= 4 is 45.5 Å². The number of nitrogens with zero attached hydrogens (tertiary/aromatic N) is 2. The van der Waals surface area contributed by atoms with E-state index in [4.69, 9.17) is 5.73 Å². The first-order valence-corrected chi connectivity index (χ1v) is 9.27. The zero-order valence-corrected chi connectivity index (χ0v) is 14.1. The maximum absolute atomic E-state index is 6.02. The number of hydrogen-bond acceptors (Lipinski definition) is 7. The molecule has 0 saturated carbocycles. The van der Waals surface area contributed by atoms with E-state index in [0.29, 0.717) is 10.6 Å². The summed E-state index contributed by atoms with van der Waals surface area (Å²) in [6, 6.07) is 0. The Morgan fingerprint density at radius 2 is 2.35 bits per heavy atom. The van der Waals surface area contributed by atoms with Gasteiger partial charge in [0.2, 0.25) is 0 Å². The number of aromatic nitrogens is 2. The minimum absolute atomic E-state index is 0.328. The fourth-order valence-electron chi connectivity index (χ4n) is 2.34. The number of thiazole rings is 1. The summed E-state index contributed by atoms with van der Waals surface area (Å²) in [5, 5.41) is 7.60. The van der Waals surface area contributed by atoms with Crippen molar-refractivity contribution in [3.8, 4) is 10.6 Å². The highest BCUT2D eigenvalue weighted by Crippen LogP contribution is 2.41. The molecule has 108 valence electrons. The highest BCUT2D eigenvalue weighted by Gasteiger charge is 2.30. The number of anilines is 2. The molecule has 3 rings (SSSR count). The first-order valence-electron chi connectivity index (χ1n) is 6.63. The van der Waals surface area contributed by atoms with Gasteiger partial charge in [0.15, 0.2) is 0 Å². The van der Waals surface area contributed by atoms with E-state index in [-0.39, 0.29) is 0 Å². The highest BCUT2D eigenvalue weighted by atomic mass is 32.2. The van der Waals surface area contributed by atoms with Crippen molar-refractivity contribution in [2.75, 3.05) is 23.3 Å². The maximum atomic E-state index is 6.02. The van der Waals surface area contributed by atoms with Crippen LogP contribution in [0.5, 0.6) is 0 Å². The van der Waals surface area contributed by atoms with E-state index in [1.807, 2.05) is 12.3 Å². The summed E-state index contributed by atoms with van der Waals surface area (Å²) < 4.78 is 4.62. The van der Waals surface area contributed by atoms with Crippen LogP contribution in [0.15, 0.2) is 5.38 Å². The zero-order valence-electron chi connectivity index (χ0n) is 11.6. The summed E-state index contributed by atoms with van der Waals surface area (Å²) in [5.74, 6) is 1.85. The number of nitrogen functional groups attached to an aromatic ring is 1. The van der Waals surface area contributed by atoms with Crippen LogP contribution < -0.4 is 11.1 Å². The van der Waals surface area contributed by atoms with Crippen LogP contribution in [0, 0.1) is 6.92 Å². The van der Waals surface area contributed by atoms with Crippen LogP contribution >= 0.6 is 34.6 Å². The number of aryl methyl sites for hydroxylation is 1. The second-order valence-corrected chi connectivity index (χ2v) is 8.64. The van der Waals surface area contributed by atoms with Crippen molar-refractivity contribution in [2.45, 2.75) is 31.4 Å². The molecule has 0 aromatic carbocycles. The summed E-state index contributed by atoms with van der Waals surface area (Å²) >= 11 is 5.11. The summed E-state index contributed by atoms with van der Waals surface area (Å²) in [7, 11) is 0. The number of hydrogen-bond donors (Lipinski definition) is 2. The van der Waals surface area contributed by atoms with Gasteiger partial charge < -0.3 is 11.1 Å². The molecule has 7 heteroatoms. The quantitative estimate of drug-likeness (QED) is 0.893. The Morgan fingerprint density at radius 3 is 3.00 bits per heavy atom. The molecule has 4 nitrogen and oxygen atoms in total. The lowest BCUT2D eigenvalue weighted by Gasteiger charge is -2.23. The molecule has 0 bridgehead atoms. The summed E-state index contributed by atoms with van der Waals surface area (Å²) in [5.41, 5.74) is 8.02. The summed E-state index contributed by atoms with van der Waals surface area (Å²) in [6.45, 7) is 5.28. The SMILES string of the molecule is Cc1csc(-c2c(N)nsc2NCC2(C)CCCS2)n1. The minimum atomic E-state index is 0.328. The number of rotatable bonds is 4. The van der Waals surface area contributed by atoms with E-state index in [1.165, 1.54) is 30.1 Å². The molecule has 1 unspecified atom stereocenters. The molecule has 0 aliphatic carbocycles. The molecular formula is C13H18N4S3. The molecule has 1 saturated heterocycles. The second kappa shape index (κ2) is 5.54. The van der Waals surface area contributed by atoms with E-state index in [9.17, 15) is 0 Å². The van der Waals surface area contributed by atoms with Gasteiger partial charge in [0, 0.05) is 22.4 Å². The van der Waals surface area contributed by atoms with Crippen LogP contribution in [0.2, 0.25) is 0 Å². The molecular weight excluding hydrogens is 308 g/mol. The fraction of sp³-hybridized carbons (Fsp3) is 0.538. The van der Waals surface area contributed by atoms with Gasteiger partial charge in [-0.3, -0.25) is 0 Å². The van der Waals surface area contributed by atoms with Crippen molar-refractivity contribution in [3.63, 3.8) is 0 Å². The standard InChI is InChI=1S/C13H18N4S3/c1-8-6-18-12(16-8)9-10(14)17-20-11(9)15-7-13(2)4-3-5-19-13/h6,15H,3-5,7H2,1-2H3,(H2,14,17). The topological polar surface area (TPSA) is 63.8 Å². The summed E-state index contributed by atoms with van der Waals surface area (Å²) in [6.07, 6.45) is 2.58. The van der Waals surface area contributed by atoms with Gasteiger partial charge in [0.25, 0.3) is 0 Å². The van der Waals surface area contributed by atoms with Gasteiger partial charge in [0.05, 0.1) is 5.56 Å². The molecule has 20 heavy (non-hydrogen) atoms. The van der Waals surface area contributed by atoms with Crippen LogP contribution in [0.1, 0.15) is 25.5 Å². The molecule has 2 aromatic heterocycles. The van der Waals surface area contributed by atoms with Gasteiger partial charge in [-0.1, -0.05) is 0 Å². The Hall–Kier alpha value is -0.790. The van der Waals surface area contributed by atoms with Crippen LogP contribution in [0.3, 0.4) is 0 Å². The number of nitrogens with one attached hydrogen (secondary N) is 1. The van der Waals surface area contributed by atoms with Crippen molar-refractivity contribution in [3.05, 3.63) is 11.1 Å². The molecule has 0 spiro atoms. The molecule has 0 radical (unpaired) electrons.